The topological polar surface area (TPSA) is 73.9 Å². The molecule has 0 bridgehead atoms. The van der Waals surface area contributed by atoms with E-state index in [1.807, 2.05) is 6.92 Å². The van der Waals surface area contributed by atoms with Crippen LogP contribution >= 0.6 is 0 Å². The number of aliphatic hydroxyl groups excluding tert-OH is 2. The van der Waals surface area contributed by atoms with E-state index in [0.717, 1.165) is 0 Å². The molecule has 110 valence electrons. The maximum absolute atomic E-state index is 11.9. The second kappa shape index (κ2) is 5.87. The van der Waals surface area contributed by atoms with E-state index in [2.05, 4.69) is 0 Å². The van der Waals surface area contributed by atoms with Crippen LogP contribution in [0.25, 0.3) is 0 Å². The predicted molar refractivity (Wildman–Crippen MR) is 70.9 cm³/mol. The molecule has 1 amide bonds. The van der Waals surface area contributed by atoms with Gasteiger partial charge in [-0.1, -0.05) is 6.92 Å². The van der Waals surface area contributed by atoms with Gasteiger partial charge in [-0.15, -0.1) is 0 Å². The summed E-state index contributed by atoms with van der Waals surface area (Å²) < 4.78 is 7.28. The van der Waals surface area contributed by atoms with Crippen molar-refractivity contribution >= 4 is 5.91 Å². The van der Waals surface area contributed by atoms with Crippen LogP contribution in [0.1, 0.15) is 29.9 Å². The molecule has 2 N–H and O–H groups in total. The Morgan fingerprint density at radius 3 is 2.65 bits per heavy atom. The average molecular weight is 281 g/mol. The van der Waals surface area contributed by atoms with Crippen LogP contribution < -0.4 is 4.57 Å². The van der Waals surface area contributed by atoms with Crippen LogP contribution in [-0.4, -0.2) is 53.4 Å². The number of aromatic nitrogens is 1. The number of nitrogens with zero attached hydrogens (tertiary/aromatic N) is 2. The van der Waals surface area contributed by atoms with Crippen molar-refractivity contribution < 1.29 is 24.3 Å². The fraction of sp³-hybridized carbons (Fsp3) is 0.571. The Kier molecular flexibility index (Phi) is 4.37. The maximum atomic E-state index is 11.9. The molecule has 1 aromatic heterocycles. The monoisotopic (exact) mass is 281 g/mol. The SMILES string of the molecule is CC[C@H]1O[C@@H]([n+]2cccc(C(=O)N(C)C)c2)[C@@H](O)C1O. The van der Waals surface area contributed by atoms with Gasteiger partial charge in [0.1, 0.15) is 11.7 Å². The molecule has 2 heterocycles. The van der Waals surface area contributed by atoms with Gasteiger partial charge < -0.3 is 19.8 Å². The van der Waals surface area contributed by atoms with Gasteiger partial charge in [0.25, 0.3) is 12.1 Å². The Morgan fingerprint density at radius 2 is 2.10 bits per heavy atom. The van der Waals surface area contributed by atoms with Crippen LogP contribution in [0.3, 0.4) is 0 Å². The lowest BCUT2D eigenvalue weighted by Crippen LogP contribution is -2.46. The fourth-order valence-electron chi connectivity index (χ4n) is 2.35. The molecule has 2 rings (SSSR count). The summed E-state index contributed by atoms with van der Waals surface area (Å²) in [4.78, 5) is 13.4. The molecular weight excluding hydrogens is 260 g/mol. The summed E-state index contributed by atoms with van der Waals surface area (Å²) in [5.74, 6) is -0.126. The lowest BCUT2D eigenvalue weighted by Gasteiger charge is -2.12. The van der Waals surface area contributed by atoms with Crippen LogP contribution in [0.15, 0.2) is 24.5 Å². The summed E-state index contributed by atoms with van der Waals surface area (Å²) >= 11 is 0. The summed E-state index contributed by atoms with van der Waals surface area (Å²) in [5, 5.41) is 20.0. The molecule has 1 unspecified atom stereocenters. The van der Waals surface area contributed by atoms with E-state index in [4.69, 9.17) is 4.74 Å². The Labute approximate surface area is 118 Å². The number of hydrogen-bond acceptors (Lipinski definition) is 4. The molecule has 1 saturated heterocycles. The van der Waals surface area contributed by atoms with Gasteiger partial charge in [-0.2, -0.15) is 4.57 Å². The van der Waals surface area contributed by atoms with E-state index in [1.54, 1.807) is 43.2 Å². The molecule has 4 atom stereocenters. The highest BCUT2D eigenvalue weighted by atomic mass is 16.6. The minimum absolute atomic E-state index is 0.126. The van der Waals surface area contributed by atoms with Gasteiger partial charge in [-0.05, 0) is 12.5 Å². The van der Waals surface area contributed by atoms with E-state index < -0.39 is 24.5 Å². The second-order valence-electron chi connectivity index (χ2n) is 5.19. The molecule has 20 heavy (non-hydrogen) atoms. The Balaban J connectivity index is 2.26. The van der Waals surface area contributed by atoms with Gasteiger partial charge in [0.15, 0.2) is 18.5 Å². The number of amides is 1. The lowest BCUT2D eigenvalue weighted by molar-refractivity contribution is -0.765. The van der Waals surface area contributed by atoms with E-state index in [9.17, 15) is 15.0 Å². The second-order valence-corrected chi connectivity index (χ2v) is 5.19. The smallest absolute Gasteiger partial charge is 0.291 e. The zero-order valence-electron chi connectivity index (χ0n) is 11.9. The molecule has 0 spiro atoms. The molecule has 6 heteroatoms. The van der Waals surface area contributed by atoms with E-state index >= 15 is 0 Å². The third kappa shape index (κ3) is 2.67. The van der Waals surface area contributed by atoms with Gasteiger partial charge in [-0.25, -0.2) is 0 Å². The van der Waals surface area contributed by atoms with Crippen LogP contribution in [0.2, 0.25) is 0 Å². The molecule has 1 aromatic rings. The molecule has 1 aliphatic heterocycles. The molecule has 0 aromatic carbocycles. The van der Waals surface area contributed by atoms with Crippen molar-refractivity contribution in [2.45, 2.75) is 37.9 Å². The summed E-state index contributed by atoms with van der Waals surface area (Å²) in [6.07, 6.45) is 0.971. The van der Waals surface area contributed by atoms with E-state index in [0.29, 0.717) is 12.0 Å². The maximum Gasteiger partial charge on any atom is 0.291 e. The average Bonchev–Trinajstić information content (AvgIpc) is 2.74. The molecular formula is C14H21N2O4+. The summed E-state index contributed by atoms with van der Waals surface area (Å²) in [6.45, 7) is 1.89. The van der Waals surface area contributed by atoms with Gasteiger partial charge in [0.05, 0.1) is 6.10 Å². The molecule has 0 radical (unpaired) electrons. The summed E-state index contributed by atoms with van der Waals surface area (Å²) in [7, 11) is 3.36. The first-order chi connectivity index (χ1) is 9.45. The summed E-state index contributed by atoms with van der Waals surface area (Å²) in [5.41, 5.74) is 0.503. The number of carbonyl (C=O) groups is 1. The minimum Gasteiger partial charge on any atom is -0.387 e. The molecule has 0 aliphatic carbocycles. The number of hydrogen-bond donors (Lipinski definition) is 2. The molecule has 1 fully saturated rings. The van der Waals surface area contributed by atoms with Crippen molar-refractivity contribution in [3.63, 3.8) is 0 Å². The molecule has 1 aliphatic rings. The van der Waals surface area contributed by atoms with Crippen LogP contribution in [0, 0.1) is 0 Å². The normalized spacial score (nSPS) is 29.4. The first-order valence-electron chi connectivity index (χ1n) is 6.69. The van der Waals surface area contributed by atoms with Crippen molar-refractivity contribution in [1.82, 2.24) is 4.90 Å². The van der Waals surface area contributed by atoms with Gasteiger partial charge in [0.2, 0.25) is 0 Å². The van der Waals surface area contributed by atoms with E-state index in [1.165, 1.54) is 4.90 Å². The standard InChI is InChI=1S/C14H21N2O4/c1-4-10-11(17)12(18)14(20-10)16-7-5-6-9(8-16)13(19)15(2)3/h5-8,10-12,14,17-18H,4H2,1-3H3/q+1/t10-,11?,12+,14-/m1/s1. The predicted octanol–water partition coefficient (Wildman–Crippen LogP) is -0.295. The fourth-order valence-corrected chi connectivity index (χ4v) is 2.35. The third-order valence-electron chi connectivity index (χ3n) is 3.51. The first kappa shape index (κ1) is 14.9. The highest BCUT2D eigenvalue weighted by Gasteiger charge is 2.47. The zero-order chi connectivity index (χ0) is 14.9. The third-order valence-corrected chi connectivity index (χ3v) is 3.51. The van der Waals surface area contributed by atoms with Gasteiger partial charge >= 0.3 is 0 Å². The zero-order valence-corrected chi connectivity index (χ0v) is 11.9. The van der Waals surface area contributed by atoms with Crippen molar-refractivity contribution in [2.24, 2.45) is 0 Å². The van der Waals surface area contributed by atoms with Crippen molar-refractivity contribution in [3.05, 3.63) is 30.1 Å². The number of aliphatic hydroxyl groups is 2. The van der Waals surface area contributed by atoms with Gasteiger partial charge in [0, 0.05) is 20.2 Å². The molecule has 6 nitrogen and oxygen atoms in total. The summed E-state index contributed by atoms with van der Waals surface area (Å²) in [6, 6.07) is 3.42. The number of ether oxygens (including phenoxy) is 1. The van der Waals surface area contributed by atoms with Crippen molar-refractivity contribution in [3.8, 4) is 0 Å². The van der Waals surface area contributed by atoms with Crippen molar-refractivity contribution in [2.75, 3.05) is 14.1 Å². The highest BCUT2D eigenvalue weighted by Crippen LogP contribution is 2.27. The van der Waals surface area contributed by atoms with Crippen LogP contribution in [0.4, 0.5) is 0 Å². The Bertz CT molecular complexity index is 492. The quantitative estimate of drug-likeness (QED) is 0.746. The van der Waals surface area contributed by atoms with E-state index in [-0.39, 0.29) is 5.91 Å². The highest BCUT2D eigenvalue weighted by molar-refractivity contribution is 5.93. The Morgan fingerprint density at radius 1 is 1.40 bits per heavy atom. The molecule has 0 saturated carbocycles. The lowest BCUT2D eigenvalue weighted by atomic mass is 10.1. The van der Waals surface area contributed by atoms with Gasteiger partial charge in [-0.3, -0.25) is 4.79 Å². The minimum atomic E-state index is -1.00. The number of rotatable bonds is 3. The Hall–Kier alpha value is -1.50. The van der Waals surface area contributed by atoms with Crippen LogP contribution in [-0.2, 0) is 4.74 Å². The van der Waals surface area contributed by atoms with Crippen molar-refractivity contribution in [1.29, 1.82) is 0 Å². The number of pyridine rings is 1. The first-order valence-corrected chi connectivity index (χ1v) is 6.69. The largest absolute Gasteiger partial charge is 0.387 e. The number of carbonyl (C=O) groups excluding carboxylic acids is 1. The van der Waals surface area contributed by atoms with Crippen LogP contribution in [0.5, 0.6) is 0 Å².